The molecular weight excluding hydrogens is 256 g/mol. The zero-order chi connectivity index (χ0) is 14.1. The molecule has 0 unspecified atom stereocenters. The lowest BCUT2D eigenvalue weighted by atomic mass is 10.1. The Balaban J connectivity index is 1.92. The second-order valence-corrected chi connectivity index (χ2v) is 4.41. The monoisotopic (exact) mass is 268 g/mol. The number of amides is 1. The van der Waals surface area contributed by atoms with Crippen LogP contribution in [0.3, 0.4) is 0 Å². The smallest absolute Gasteiger partial charge is 0.258 e. The number of benzene rings is 2. The maximum atomic E-state index is 12.4. The molecule has 0 saturated heterocycles. The molecule has 2 N–H and O–H groups in total. The fourth-order valence-corrected chi connectivity index (χ4v) is 1.96. The van der Waals surface area contributed by atoms with E-state index in [1.54, 1.807) is 49.5 Å². The summed E-state index contributed by atoms with van der Waals surface area (Å²) < 4.78 is 0. The molecule has 1 aromatic heterocycles. The van der Waals surface area contributed by atoms with Crippen LogP contribution in [0, 0.1) is 0 Å². The average Bonchev–Trinajstić information content (AvgIpc) is 2.94. The molecule has 20 heavy (non-hydrogen) atoms. The first kappa shape index (κ1) is 12.2. The summed E-state index contributed by atoms with van der Waals surface area (Å²) in [5.41, 5.74) is 2.60. The summed E-state index contributed by atoms with van der Waals surface area (Å²) in [5.74, 6) is 0.0132. The topological polar surface area (TPSA) is 82.1 Å². The van der Waals surface area contributed by atoms with Gasteiger partial charge in [0, 0.05) is 18.3 Å². The van der Waals surface area contributed by atoms with Crippen molar-refractivity contribution in [2.24, 2.45) is 0 Å². The zero-order valence-electron chi connectivity index (χ0n) is 10.7. The third-order valence-electron chi connectivity index (χ3n) is 3.10. The van der Waals surface area contributed by atoms with E-state index in [1.165, 1.54) is 4.90 Å². The van der Waals surface area contributed by atoms with Gasteiger partial charge in [-0.15, -0.1) is 0 Å². The average molecular weight is 268 g/mol. The van der Waals surface area contributed by atoms with E-state index < -0.39 is 0 Å². The number of rotatable bonds is 2. The van der Waals surface area contributed by atoms with E-state index >= 15 is 0 Å². The normalized spacial score (nSPS) is 10.7. The van der Waals surface area contributed by atoms with E-state index in [9.17, 15) is 9.90 Å². The molecule has 2 aromatic carbocycles. The molecule has 1 heterocycles. The molecule has 0 spiro atoms. The van der Waals surface area contributed by atoms with Crippen LogP contribution in [-0.4, -0.2) is 33.5 Å². The van der Waals surface area contributed by atoms with Crippen LogP contribution in [0.2, 0.25) is 0 Å². The summed E-state index contributed by atoms with van der Waals surface area (Å²) in [6, 6.07) is 11.6. The number of phenols is 1. The lowest BCUT2D eigenvalue weighted by molar-refractivity contribution is 0.0993. The van der Waals surface area contributed by atoms with E-state index in [-0.39, 0.29) is 11.7 Å². The largest absolute Gasteiger partial charge is 0.508 e. The molecular formula is C14H12N4O2. The van der Waals surface area contributed by atoms with Gasteiger partial charge in [0.2, 0.25) is 0 Å². The molecule has 0 aliphatic heterocycles. The van der Waals surface area contributed by atoms with Gasteiger partial charge in [0.25, 0.3) is 5.91 Å². The SMILES string of the molecule is CN(C(=O)c1ccc2n[nH]nc2c1)c1ccc(O)cc1. The fraction of sp³-hybridized carbons (Fsp3) is 0.0714. The third-order valence-corrected chi connectivity index (χ3v) is 3.10. The number of anilines is 1. The zero-order valence-corrected chi connectivity index (χ0v) is 10.7. The van der Waals surface area contributed by atoms with E-state index in [0.717, 1.165) is 0 Å². The molecule has 6 nitrogen and oxygen atoms in total. The minimum atomic E-state index is -0.152. The van der Waals surface area contributed by atoms with Gasteiger partial charge in [-0.05, 0) is 42.5 Å². The number of phenolic OH excluding ortho intramolecular Hbond substituents is 1. The Morgan fingerprint density at radius 2 is 1.80 bits per heavy atom. The fourth-order valence-electron chi connectivity index (χ4n) is 1.96. The highest BCUT2D eigenvalue weighted by molar-refractivity contribution is 6.07. The van der Waals surface area contributed by atoms with Crippen molar-refractivity contribution >= 4 is 22.6 Å². The van der Waals surface area contributed by atoms with Crippen LogP contribution in [0.4, 0.5) is 5.69 Å². The first-order chi connectivity index (χ1) is 9.65. The molecule has 6 heteroatoms. The molecule has 1 amide bonds. The van der Waals surface area contributed by atoms with E-state index in [1.807, 2.05) is 0 Å². The maximum absolute atomic E-state index is 12.4. The van der Waals surface area contributed by atoms with Crippen LogP contribution in [0.5, 0.6) is 5.75 Å². The summed E-state index contributed by atoms with van der Waals surface area (Å²) >= 11 is 0. The summed E-state index contributed by atoms with van der Waals surface area (Å²) in [5, 5.41) is 19.7. The predicted octanol–water partition coefficient (Wildman–Crippen LogP) is 1.94. The number of aromatic hydroxyl groups is 1. The molecule has 0 bridgehead atoms. The van der Waals surface area contributed by atoms with Gasteiger partial charge in [0.1, 0.15) is 16.8 Å². The van der Waals surface area contributed by atoms with Gasteiger partial charge < -0.3 is 10.0 Å². The van der Waals surface area contributed by atoms with Gasteiger partial charge in [-0.3, -0.25) is 4.79 Å². The Bertz CT molecular complexity index is 764. The number of aromatic amines is 1. The van der Waals surface area contributed by atoms with Crippen LogP contribution < -0.4 is 4.90 Å². The lowest BCUT2D eigenvalue weighted by Gasteiger charge is -2.17. The number of H-pyrrole nitrogens is 1. The van der Waals surface area contributed by atoms with Crippen molar-refractivity contribution in [1.29, 1.82) is 0 Å². The molecule has 0 aliphatic rings. The van der Waals surface area contributed by atoms with E-state index in [4.69, 9.17) is 0 Å². The molecule has 100 valence electrons. The number of carbonyl (C=O) groups is 1. The number of carbonyl (C=O) groups excluding carboxylic acids is 1. The molecule has 0 atom stereocenters. The van der Waals surface area contributed by atoms with E-state index in [0.29, 0.717) is 22.3 Å². The van der Waals surface area contributed by atoms with Gasteiger partial charge >= 0.3 is 0 Å². The molecule has 0 fully saturated rings. The molecule has 0 radical (unpaired) electrons. The van der Waals surface area contributed by atoms with Crippen molar-refractivity contribution in [3.8, 4) is 5.75 Å². The van der Waals surface area contributed by atoms with Crippen LogP contribution in [-0.2, 0) is 0 Å². The standard InChI is InChI=1S/C14H12N4O2/c1-18(10-3-5-11(19)6-4-10)14(20)9-2-7-12-13(8-9)16-17-15-12/h2-8,19H,1H3,(H,15,16,17). The van der Waals surface area contributed by atoms with Gasteiger partial charge in [-0.2, -0.15) is 15.4 Å². The number of hydrogen-bond acceptors (Lipinski definition) is 4. The number of nitrogens with zero attached hydrogens (tertiary/aromatic N) is 3. The first-order valence-corrected chi connectivity index (χ1v) is 6.03. The van der Waals surface area contributed by atoms with Crippen molar-refractivity contribution in [3.05, 3.63) is 48.0 Å². The third kappa shape index (κ3) is 2.07. The summed E-state index contributed by atoms with van der Waals surface area (Å²) in [6.45, 7) is 0. The van der Waals surface area contributed by atoms with Gasteiger partial charge in [-0.25, -0.2) is 0 Å². The van der Waals surface area contributed by atoms with Crippen LogP contribution in [0.25, 0.3) is 11.0 Å². The number of fused-ring (bicyclic) bond motifs is 1. The second kappa shape index (κ2) is 4.65. The second-order valence-electron chi connectivity index (χ2n) is 4.41. The highest BCUT2D eigenvalue weighted by atomic mass is 16.3. The van der Waals surface area contributed by atoms with Crippen molar-refractivity contribution in [3.63, 3.8) is 0 Å². The van der Waals surface area contributed by atoms with Crippen molar-refractivity contribution in [2.45, 2.75) is 0 Å². The first-order valence-electron chi connectivity index (χ1n) is 6.03. The van der Waals surface area contributed by atoms with Crippen molar-refractivity contribution in [2.75, 3.05) is 11.9 Å². The van der Waals surface area contributed by atoms with E-state index in [2.05, 4.69) is 15.4 Å². The maximum Gasteiger partial charge on any atom is 0.258 e. The summed E-state index contributed by atoms with van der Waals surface area (Å²) in [7, 11) is 1.68. The van der Waals surface area contributed by atoms with Gasteiger partial charge in [0.05, 0.1) is 0 Å². The molecule has 0 aliphatic carbocycles. The van der Waals surface area contributed by atoms with Crippen molar-refractivity contribution < 1.29 is 9.90 Å². The van der Waals surface area contributed by atoms with Crippen LogP contribution in [0.1, 0.15) is 10.4 Å². The Morgan fingerprint density at radius 3 is 2.55 bits per heavy atom. The molecule has 3 rings (SSSR count). The Kier molecular flexibility index (Phi) is 2.83. The number of hydrogen-bond donors (Lipinski definition) is 2. The predicted molar refractivity (Wildman–Crippen MR) is 74.7 cm³/mol. The summed E-state index contributed by atoms with van der Waals surface area (Å²) in [6.07, 6.45) is 0. The molecule has 3 aromatic rings. The highest BCUT2D eigenvalue weighted by Gasteiger charge is 2.14. The van der Waals surface area contributed by atoms with Crippen LogP contribution >= 0.6 is 0 Å². The van der Waals surface area contributed by atoms with Crippen molar-refractivity contribution in [1.82, 2.24) is 15.4 Å². The highest BCUT2D eigenvalue weighted by Crippen LogP contribution is 2.20. The number of nitrogens with one attached hydrogen (secondary N) is 1. The van der Waals surface area contributed by atoms with Crippen LogP contribution in [0.15, 0.2) is 42.5 Å². The minimum Gasteiger partial charge on any atom is -0.508 e. The minimum absolute atomic E-state index is 0.152. The Morgan fingerprint density at radius 1 is 1.10 bits per heavy atom. The Hall–Kier alpha value is -2.89. The quantitative estimate of drug-likeness (QED) is 0.744. The van der Waals surface area contributed by atoms with Gasteiger partial charge in [0.15, 0.2) is 0 Å². The molecule has 0 saturated carbocycles. The number of aromatic nitrogens is 3. The lowest BCUT2D eigenvalue weighted by Crippen LogP contribution is -2.26. The Labute approximate surface area is 114 Å². The summed E-state index contributed by atoms with van der Waals surface area (Å²) in [4.78, 5) is 13.9. The van der Waals surface area contributed by atoms with Gasteiger partial charge in [-0.1, -0.05) is 0 Å².